The van der Waals surface area contributed by atoms with E-state index in [2.05, 4.69) is 27.7 Å². The largest absolute Gasteiger partial charge is 0.369 e. The number of nitrogens with two attached hydrogens (primary N) is 1. The van der Waals surface area contributed by atoms with Crippen LogP contribution < -0.4 is 5.73 Å². The second-order valence-electron chi connectivity index (χ2n) is 7.13. The molecule has 0 saturated carbocycles. The predicted octanol–water partition coefficient (Wildman–Crippen LogP) is 4.63. The standard InChI is InChI=1S/C17H22FNOS/c1-16(2)9-12(17(3,4)20-16)15(19)14-8-10-7-11(18)5-6-13(10)21-14/h5-8,12,15H,9,19H2,1-4H3. The highest BCUT2D eigenvalue weighted by molar-refractivity contribution is 7.19. The lowest BCUT2D eigenvalue weighted by atomic mass is 9.81. The molecule has 1 aliphatic rings. The van der Waals surface area contributed by atoms with Gasteiger partial charge in [-0.3, -0.25) is 0 Å². The third-order valence-electron chi connectivity index (χ3n) is 4.40. The molecule has 1 fully saturated rings. The van der Waals surface area contributed by atoms with E-state index in [1.54, 1.807) is 17.4 Å². The van der Waals surface area contributed by atoms with Crippen LogP contribution in [0.25, 0.3) is 10.1 Å². The molecule has 1 aliphatic heterocycles. The summed E-state index contributed by atoms with van der Waals surface area (Å²) in [5.74, 6) is 0.0523. The lowest BCUT2D eigenvalue weighted by molar-refractivity contribution is -0.0766. The molecule has 0 aliphatic carbocycles. The van der Waals surface area contributed by atoms with Crippen LogP contribution >= 0.6 is 11.3 Å². The fourth-order valence-electron chi connectivity index (χ4n) is 3.56. The van der Waals surface area contributed by atoms with E-state index in [0.29, 0.717) is 0 Å². The smallest absolute Gasteiger partial charge is 0.123 e. The van der Waals surface area contributed by atoms with Crippen LogP contribution in [0.1, 0.15) is 45.0 Å². The van der Waals surface area contributed by atoms with Gasteiger partial charge in [0, 0.05) is 21.5 Å². The molecule has 2 aromatic rings. The molecule has 3 rings (SSSR count). The highest BCUT2D eigenvalue weighted by Gasteiger charge is 2.48. The van der Waals surface area contributed by atoms with Crippen LogP contribution in [0, 0.1) is 11.7 Å². The minimum Gasteiger partial charge on any atom is -0.369 e. The van der Waals surface area contributed by atoms with Crippen molar-refractivity contribution in [3.63, 3.8) is 0 Å². The van der Waals surface area contributed by atoms with Gasteiger partial charge in [-0.25, -0.2) is 4.39 Å². The molecule has 21 heavy (non-hydrogen) atoms. The maximum absolute atomic E-state index is 13.3. The first-order valence-electron chi connectivity index (χ1n) is 7.33. The Balaban J connectivity index is 1.95. The third kappa shape index (κ3) is 2.72. The summed E-state index contributed by atoms with van der Waals surface area (Å²) in [5, 5.41) is 0.932. The SMILES string of the molecule is CC1(C)CC(C(N)c2cc3cc(F)ccc3s2)C(C)(C)O1. The maximum atomic E-state index is 13.3. The van der Waals surface area contributed by atoms with Crippen LogP contribution in [-0.4, -0.2) is 11.2 Å². The zero-order valence-electron chi connectivity index (χ0n) is 12.9. The first-order valence-corrected chi connectivity index (χ1v) is 8.14. The quantitative estimate of drug-likeness (QED) is 0.877. The van der Waals surface area contributed by atoms with E-state index in [-0.39, 0.29) is 29.0 Å². The number of thiophene rings is 1. The van der Waals surface area contributed by atoms with Crippen molar-refractivity contribution in [2.75, 3.05) is 0 Å². The Kier molecular flexibility index (Phi) is 3.39. The van der Waals surface area contributed by atoms with E-state index < -0.39 is 0 Å². The topological polar surface area (TPSA) is 35.2 Å². The van der Waals surface area contributed by atoms with E-state index in [4.69, 9.17) is 10.5 Å². The first-order chi connectivity index (χ1) is 9.68. The van der Waals surface area contributed by atoms with Crippen LogP contribution in [0.5, 0.6) is 0 Å². The summed E-state index contributed by atoms with van der Waals surface area (Å²) in [6.45, 7) is 8.45. The maximum Gasteiger partial charge on any atom is 0.123 e. The van der Waals surface area contributed by atoms with Crippen molar-refractivity contribution in [3.05, 3.63) is 35.0 Å². The van der Waals surface area contributed by atoms with Gasteiger partial charge in [0.2, 0.25) is 0 Å². The van der Waals surface area contributed by atoms with Gasteiger partial charge in [-0.1, -0.05) is 0 Å². The Morgan fingerprint density at radius 3 is 2.62 bits per heavy atom. The van der Waals surface area contributed by atoms with Gasteiger partial charge in [0.1, 0.15) is 5.82 Å². The Bertz CT molecular complexity index is 676. The lowest BCUT2D eigenvalue weighted by Gasteiger charge is -2.30. The van der Waals surface area contributed by atoms with Crippen LogP contribution in [0.2, 0.25) is 0 Å². The summed E-state index contributed by atoms with van der Waals surface area (Å²) in [6.07, 6.45) is 0.934. The molecule has 0 spiro atoms. The van der Waals surface area contributed by atoms with Gasteiger partial charge >= 0.3 is 0 Å². The second-order valence-corrected chi connectivity index (χ2v) is 8.25. The van der Waals surface area contributed by atoms with Crippen molar-refractivity contribution < 1.29 is 9.13 Å². The Morgan fingerprint density at radius 1 is 1.29 bits per heavy atom. The number of hydrogen-bond donors (Lipinski definition) is 1. The number of benzene rings is 1. The van der Waals surface area contributed by atoms with Gasteiger partial charge in [-0.2, -0.15) is 0 Å². The normalized spacial score (nSPS) is 25.3. The van der Waals surface area contributed by atoms with Crippen LogP contribution in [0.15, 0.2) is 24.3 Å². The minimum atomic E-state index is -0.246. The van der Waals surface area contributed by atoms with Crippen molar-refractivity contribution in [1.82, 2.24) is 0 Å². The molecule has 2 heterocycles. The molecule has 0 amide bonds. The zero-order valence-corrected chi connectivity index (χ0v) is 13.8. The summed E-state index contributed by atoms with van der Waals surface area (Å²) in [6, 6.07) is 6.84. The van der Waals surface area contributed by atoms with E-state index in [1.807, 2.05) is 12.1 Å². The molecular weight excluding hydrogens is 285 g/mol. The van der Waals surface area contributed by atoms with E-state index in [0.717, 1.165) is 21.4 Å². The fraction of sp³-hybridized carbons (Fsp3) is 0.529. The number of ether oxygens (including phenoxy) is 1. The number of halogens is 1. The molecule has 2 nitrogen and oxygen atoms in total. The van der Waals surface area contributed by atoms with Crippen molar-refractivity contribution in [2.24, 2.45) is 11.7 Å². The average molecular weight is 307 g/mol. The number of fused-ring (bicyclic) bond motifs is 1. The molecule has 114 valence electrons. The zero-order chi connectivity index (χ0) is 15.4. The number of rotatable bonds is 2. The minimum absolute atomic E-state index is 0.0813. The molecule has 0 radical (unpaired) electrons. The average Bonchev–Trinajstić information content (AvgIpc) is 2.85. The van der Waals surface area contributed by atoms with Crippen LogP contribution in [0.3, 0.4) is 0 Å². The number of hydrogen-bond acceptors (Lipinski definition) is 3. The van der Waals surface area contributed by atoms with Crippen molar-refractivity contribution in [3.8, 4) is 0 Å². The predicted molar refractivity (Wildman–Crippen MR) is 86.1 cm³/mol. The van der Waals surface area contributed by atoms with Crippen molar-refractivity contribution >= 4 is 21.4 Å². The highest BCUT2D eigenvalue weighted by atomic mass is 32.1. The molecule has 4 heteroatoms. The molecule has 2 N–H and O–H groups in total. The van der Waals surface area contributed by atoms with Gasteiger partial charge in [0.05, 0.1) is 11.2 Å². The molecule has 2 unspecified atom stereocenters. The van der Waals surface area contributed by atoms with Crippen molar-refractivity contribution in [2.45, 2.75) is 51.4 Å². The Hall–Kier alpha value is -0.970. The van der Waals surface area contributed by atoms with E-state index in [9.17, 15) is 4.39 Å². The summed E-state index contributed by atoms with van der Waals surface area (Å²) in [7, 11) is 0. The van der Waals surface area contributed by atoms with Crippen LogP contribution in [0.4, 0.5) is 4.39 Å². The van der Waals surface area contributed by atoms with Gasteiger partial charge in [-0.05, 0) is 63.8 Å². The van der Waals surface area contributed by atoms with Crippen molar-refractivity contribution in [1.29, 1.82) is 0 Å². The van der Waals surface area contributed by atoms with Gasteiger partial charge < -0.3 is 10.5 Å². The van der Waals surface area contributed by atoms with Crippen LogP contribution in [-0.2, 0) is 4.74 Å². The molecule has 1 aromatic carbocycles. The van der Waals surface area contributed by atoms with Gasteiger partial charge in [0.25, 0.3) is 0 Å². The third-order valence-corrected chi connectivity index (χ3v) is 5.62. The lowest BCUT2D eigenvalue weighted by Crippen LogP contribution is -2.35. The Labute approximate surface area is 129 Å². The monoisotopic (exact) mass is 307 g/mol. The summed E-state index contributed by atoms with van der Waals surface area (Å²) < 4.78 is 20.6. The molecular formula is C17H22FNOS. The molecule has 2 atom stereocenters. The first kappa shape index (κ1) is 14.9. The highest BCUT2D eigenvalue weighted by Crippen LogP contribution is 2.48. The molecule has 1 saturated heterocycles. The molecule has 1 aromatic heterocycles. The fourth-order valence-corrected chi connectivity index (χ4v) is 4.67. The summed E-state index contributed by atoms with van der Waals surface area (Å²) in [5.41, 5.74) is 6.15. The second kappa shape index (κ2) is 4.77. The van der Waals surface area contributed by atoms with Gasteiger partial charge in [0.15, 0.2) is 0 Å². The molecule has 0 bridgehead atoms. The van der Waals surface area contributed by atoms with E-state index >= 15 is 0 Å². The Morgan fingerprint density at radius 2 is 2.00 bits per heavy atom. The summed E-state index contributed by atoms with van der Waals surface area (Å²) in [4.78, 5) is 1.11. The van der Waals surface area contributed by atoms with E-state index in [1.165, 1.54) is 6.07 Å². The summed E-state index contributed by atoms with van der Waals surface area (Å²) >= 11 is 1.65. The van der Waals surface area contributed by atoms with Gasteiger partial charge in [-0.15, -0.1) is 11.3 Å².